The number of hydrogen-bond donors (Lipinski definition) is 0. The Labute approximate surface area is 106 Å². The molecule has 0 bridgehead atoms. The van der Waals surface area contributed by atoms with E-state index in [0.717, 1.165) is 0 Å². The van der Waals surface area contributed by atoms with Gasteiger partial charge in [-0.2, -0.15) is 0 Å². The molecule has 0 aliphatic carbocycles. The molecular weight excluding hydrogens is 232 g/mol. The number of ether oxygens (including phenoxy) is 2. The lowest BCUT2D eigenvalue weighted by molar-refractivity contribution is -0.163. The van der Waals surface area contributed by atoms with Crippen LogP contribution in [0.15, 0.2) is 42.5 Å². The minimum Gasteiger partial charge on any atom is -0.422 e. The topological polar surface area (TPSA) is 52.6 Å². The van der Waals surface area contributed by atoms with Crippen molar-refractivity contribution in [3.05, 3.63) is 48.0 Å². The van der Waals surface area contributed by atoms with E-state index in [1.54, 1.807) is 37.3 Å². The SMILES string of the molecule is C=C(C)C(=O)OC(CC)OC(=O)c1ccccc1. The Morgan fingerprint density at radius 2 is 1.83 bits per heavy atom. The predicted molar refractivity (Wildman–Crippen MR) is 66.8 cm³/mol. The van der Waals surface area contributed by atoms with Gasteiger partial charge < -0.3 is 9.47 Å². The second-order valence-corrected chi connectivity index (χ2v) is 3.79. The maximum Gasteiger partial charge on any atom is 0.341 e. The number of rotatable bonds is 5. The average molecular weight is 248 g/mol. The normalized spacial score (nSPS) is 11.4. The first-order valence-electron chi connectivity index (χ1n) is 5.67. The highest BCUT2D eigenvalue weighted by molar-refractivity contribution is 5.90. The van der Waals surface area contributed by atoms with Gasteiger partial charge in [-0.15, -0.1) is 0 Å². The second-order valence-electron chi connectivity index (χ2n) is 3.79. The maximum absolute atomic E-state index is 11.7. The molecule has 1 rings (SSSR count). The highest BCUT2D eigenvalue weighted by Gasteiger charge is 2.18. The lowest BCUT2D eigenvalue weighted by Crippen LogP contribution is -2.24. The third-order valence-corrected chi connectivity index (χ3v) is 2.17. The van der Waals surface area contributed by atoms with E-state index < -0.39 is 18.2 Å². The zero-order valence-corrected chi connectivity index (χ0v) is 10.5. The van der Waals surface area contributed by atoms with Gasteiger partial charge in [-0.3, -0.25) is 0 Å². The molecule has 0 aromatic heterocycles. The molecule has 0 fully saturated rings. The fraction of sp³-hybridized carbons (Fsp3) is 0.286. The summed E-state index contributed by atoms with van der Waals surface area (Å²) < 4.78 is 10.1. The zero-order valence-electron chi connectivity index (χ0n) is 10.5. The van der Waals surface area contributed by atoms with E-state index >= 15 is 0 Å². The molecule has 1 aromatic carbocycles. The summed E-state index contributed by atoms with van der Waals surface area (Å²) in [6.45, 7) is 6.76. The van der Waals surface area contributed by atoms with Gasteiger partial charge in [0.1, 0.15) is 0 Å². The minimum atomic E-state index is -0.887. The van der Waals surface area contributed by atoms with E-state index in [2.05, 4.69) is 6.58 Å². The first-order valence-corrected chi connectivity index (χ1v) is 5.67. The van der Waals surface area contributed by atoms with Crippen molar-refractivity contribution in [2.45, 2.75) is 26.6 Å². The highest BCUT2D eigenvalue weighted by Crippen LogP contribution is 2.09. The quantitative estimate of drug-likeness (QED) is 0.456. The molecule has 1 unspecified atom stereocenters. The summed E-state index contributed by atoms with van der Waals surface area (Å²) in [6, 6.07) is 8.54. The van der Waals surface area contributed by atoms with E-state index in [4.69, 9.17) is 9.47 Å². The summed E-state index contributed by atoms with van der Waals surface area (Å²) in [7, 11) is 0. The fourth-order valence-corrected chi connectivity index (χ4v) is 1.17. The molecule has 0 N–H and O–H groups in total. The lowest BCUT2D eigenvalue weighted by atomic mass is 10.2. The van der Waals surface area contributed by atoms with Crippen molar-refractivity contribution in [1.29, 1.82) is 0 Å². The van der Waals surface area contributed by atoms with Crippen molar-refractivity contribution in [3.8, 4) is 0 Å². The van der Waals surface area contributed by atoms with Crippen molar-refractivity contribution < 1.29 is 19.1 Å². The molecule has 1 atom stereocenters. The molecular formula is C14H16O4. The van der Waals surface area contributed by atoms with Crippen LogP contribution in [0.25, 0.3) is 0 Å². The molecule has 4 nitrogen and oxygen atoms in total. The van der Waals surface area contributed by atoms with Crippen molar-refractivity contribution in [2.24, 2.45) is 0 Å². The number of carbonyl (C=O) groups is 2. The molecule has 4 heteroatoms. The van der Waals surface area contributed by atoms with Crippen LogP contribution in [0.4, 0.5) is 0 Å². The van der Waals surface area contributed by atoms with Crippen molar-refractivity contribution in [2.75, 3.05) is 0 Å². The van der Waals surface area contributed by atoms with E-state index in [-0.39, 0.29) is 5.57 Å². The number of hydrogen-bond acceptors (Lipinski definition) is 4. The Morgan fingerprint density at radius 1 is 1.22 bits per heavy atom. The first-order chi connectivity index (χ1) is 8.54. The van der Waals surface area contributed by atoms with Crippen LogP contribution in [0.3, 0.4) is 0 Å². The van der Waals surface area contributed by atoms with Crippen LogP contribution in [0, 0.1) is 0 Å². The molecule has 0 aliphatic rings. The Balaban J connectivity index is 2.61. The monoisotopic (exact) mass is 248 g/mol. The highest BCUT2D eigenvalue weighted by atomic mass is 16.7. The van der Waals surface area contributed by atoms with Crippen LogP contribution in [0.1, 0.15) is 30.6 Å². The van der Waals surface area contributed by atoms with Gasteiger partial charge in [0, 0.05) is 12.0 Å². The van der Waals surface area contributed by atoms with Gasteiger partial charge in [0.05, 0.1) is 5.56 Å². The maximum atomic E-state index is 11.7. The van der Waals surface area contributed by atoms with Crippen molar-refractivity contribution in [1.82, 2.24) is 0 Å². The molecule has 0 saturated heterocycles. The van der Waals surface area contributed by atoms with Gasteiger partial charge >= 0.3 is 11.9 Å². The van der Waals surface area contributed by atoms with E-state index in [0.29, 0.717) is 12.0 Å². The van der Waals surface area contributed by atoms with Gasteiger partial charge in [0.15, 0.2) is 0 Å². The summed E-state index contributed by atoms with van der Waals surface area (Å²) in [5.41, 5.74) is 0.687. The Bertz CT molecular complexity index is 436. The summed E-state index contributed by atoms with van der Waals surface area (Å²) in [5, 5.41) is 0. The second kappa shape index (κ2) is 6.59. The van der Waals surface area contributed by atoms with Crippen LogP contribution in [-0.4, -0.2) is 18.2 Å². The van der Waals surface area contributed by atoms with Crippen LogP contribution < -0.4 is 0 Å². The van der Waals surface area contributed by atoms with Gasteiger partial charge in [0.2, 0.25) is 6.29 Å². The summed E-state index contributed by atoms with van der Waals surface area (Å²) in [6.07, 6.45) is -0.501. The lowest BCUT2D eigenvalue weighted by Gasteiger charge is -2.16. The van der Waals surface area contributed by atoms with Gasteiger partial charge in [0.25, 0.3) is 0 Å². The molecule has 0 amide bonds. The van der Waals surface area contributed by atoms with E-state index in [9.17, 15) is 9.59 Å². The van der Waals surface area contributed by atoms with E-state index in [1.807, 2.05) is 0 Å². The zero-order chi connectivity index (χ0) is 13.5. The fourth-order valence-electron chi connectivity index (χ4n) is 1.17. The Kier molecular flexibility index (Phi) is 5.11. The standard InChI is InChI=1S/C14H16O4/c1-4-12(17-13(15)10(2)3)18-14(16)11-8-6-5-7-9-11/h5-9,12H,2,4H2,1,3H3. The molecule has 96 valence electrons. The molecule has 0 aliphatic heterocycles. The van der Waals surface area contributed by atoms with Crippen LogP contribution in [0.2, 0.25) is 0 Å². The van der Waals surface area contributed by atoms with Crippen LogP contribution in [-0.2, 0) is 14.3 Å². The van der Waals surface area contributed by atoms with Gasteiger partial charge in [-0.1, -0.05) is 31.7 Å². The van der Waals surface area contributed by atoms with Crippen LogP contribution in [0.5, 0.6) is 0 Å². The number of esters is 2. The Morgan fingerprint density at radius 3 is 2.33 bits per heavy atom. The third-order valence-electron chi connectivity index (χ3n) is 2.17. The minimum absolute atomic E-state index is 0.268. The number of benzene rings is 1. The molecule has 0 heterocycles. The average Bonchev–Trinajstić information content (AvgIpc) is 2.38. The summed E-state index contributed by atoms with van der Waals surface area (Å²) >= 11 is 0. The largest absolute Gasteiger partial charge is 0.422 e. The molecule has 0 saturated carbocycles. The van der Waals surface area contributed by atoms with Gasteiger partial charge in [-0.25, -0.2) is 9.59 Å². The summed E-state index contributed by atoms with van der Waals surface area (Å²) in [4.78, 5) is 23.0. The van der Waals surface area contributed by atoms with Gasteiger partial charge in [-0.05, 0) is 19.1 Å². The first kappa shape index (κ1) is 14.0. The smallest absolute Gasteiger partial charge is 0.341 e. The summed E-state index contributed by atoms with van der Waals surface area (Å²) in [5.74, 6) is -1.08. The molecule has 1 aromatic rings. The molecule has 0 spiro atoms. The molecule has 18 heavy (non-hydrogen) atoms. The molecule has 0 radical (unpaired) electrons. The Hall–Kier alpha value is -2.10. The van der Waals surface area contributed by atoms with Crippen molar-refractivity contribution in [3.63, 3.8) is 0 Å². The third kappa shape index (κ3) is 4.05. The number of carbonyl (C=O) groups excluding carboxylic acids is 2. The predicted octanol–water partition coefficient (Wildman–Crippen LogP) is 2.70. The van der Waals surface area contributed by atoms with Crippen molar-refractivity contribution >= 4 is 11.9 Å². The van der Waals surface area contributed by atoms with E-state index in [1.165, 1.54) is 6.92 Å². The van der Waals surface area contributed by atoms with Crippen LogP contribution >= 0.6 is 0 Å².